The van der Waals surface area contributed by atoms with Gasteiger partial charge in [-0.15, -0.1) is 0 Å². The summed E-state index contributed by atoms with van der Waals surface area (Å²) in [4.78, 5) is 24.5. The van der Waals surface area contributed by atoms with Crippen LogP contribution in [0.2, 0.25) is 0 Å². The maximum Gasteiger partial charge on any atom is 0.305 e. The van der Waals surface area contributed by atoms with E-state index >= 15 is 0 Å². The van der Waals surface area contributed by atoms with E-state index in [9.17, 15) is 19.8 Å². The zero-order chi connectivity index (χ0) is 54.3. The Balaban J connectivity index is 3.42. The summed E-state index contributed by atoms with van der Waals surface area (Å²) in [6, 6.07) is -0.629. The Morgan fingerprint density at radius 1 is 0.360 bits per heavy atom. The lowest BCUT2D eigenvalue weighted by Gasteiger charge is -2.20. The number of aliphatic hydroxyl groups is 2. The number of carbonyl (C=O) groups is 2. The molecule has 0 aliphatic heterocycles. The Labute approximate surface area is 468 Å². The van der Waals surface area contributed by atoms with Gasteiger partial charge in [-0.2, -0.15) is 0 Å². The van der Waals surface area contributed by atoms with E-state index < -0.39 is 12.1 Å². The fourth-order valence-corrected chi connectivity index (χ4v) is 10.4. The van der Waals surface area contributed by atoms with E-state index in [1.807, 2.05) is 6.08 Å². The number of hydrogen-bond donors (Lipinski definition) is 3. The first-order chi connectivity index (χ1) is 37.0. The highest BCUT2D eigenvalue weighted by Gasteiger charge is 2.18. The minimum Gasteiger partial charge on any atom is -0.466 e. The molecule has 2 atom stereocenters. The van der Waals surface area contributed by atoms with Crippen molar-refractivity contribution in [2.24, 2.45) is 0 Å². The van der Waals surface area contributed by atoms with Crippen LogP contribution in [-0.4, -0.2) is 47.4 Å². The number of amides is 1. The number of carbonyl (C=O) groups excluding carboxylic acids is 2. The second-order valence-electron chi connectivity index (χ2n) is 23.1. The molecule has 3 N–H and O–H groups in total. The van der Waals surface area contributed by atoms with Gasteiger partial charge in [-0.05, 0) is 77.0 Å². The van der Waals surface area contributed by atoms with Crippen LogP contribution in [0.4, 0.5) is 0 Å². The maximum absolute atomic E-state index is 12.5. The summed E-state index contributed by atoms with van der Waals surface area (Å²) in [5.74, 6) is -0.0620. The highest BCUT2D eigenvalue weighted by molar-refractivity contribution is 5.76. The maximum atomic E-state index is 12.5. The number of allylic oxidation sites excluding steroid dienone is 5. The van der Waals surface area contributed by atoms with Crippen molar-refractivity contribution < 1.29 is 24.5 Å². The molecular formula is C69H131NO5. The Morgan fingerprint density at radius 3 is 0.987 bits per heavy atom. The van der Waals surface area contributed by atoms with E-state index in [4.69, 9.17) is 4.74 Å². The van der Waals surface area contributed by atoms with Crippen molar-refractivity contribution in [2.45, 2.75) is 379 Å². The number of nitrogens with one attached hydrogen (secondary N) is 1. The van der Waals surface area contributed by atoms with Crippen LogP contribution in [0, 0.1) is 0 Å². The second kappa shape index (κ2) is 64.6. The average molecular weight is 1050 g/mol. The van der Waals surface area contributed by atoms with Gasteiger partial charge in [-0.25, -0.2) is 0 Å². The molecule has 0 rings (SSSR count). The monoisotopic (exact) mass is 1050 g/mol. The van der Waals surface area contributed by atoms with Crippen molar-refractivity contribution in [1.82, 2.24) is 5.32 Å². The van der Waals surface area contributed by atoms with Gasteiger partial charge in [0, 0.05) is 12.8 Å². The molecule has 0 aliphatic rings. The summed E-state index contributed by atoms with van der Waals surface area (Å²) in [5, 5.41) is 23.2. The fourth-order valence-electron chi connectivity index (χ4n) is 10.4. The van der Waals surface area contributed by atoms with E-state index in [0.717, 1.165) is 44.9 Å². The van der Waals surface area contributed by atoms with Crippen LogP contribution >= 0.6 is 0 Å². The third-order valence-electron chi connectivity index (χ3n) is 15.6. The molecule has 442 valence electrons. The van der Waals surface area contributed by atoms with E-state index in [-0.39, 0.29) is 18.5 Å². The zero-order valence-corrected chi connectivity index (χ0v) is 50.5. The summed E-state index contributed by atoms with van der Waals surface area (Å²) < 4.78 is 5.46. The van der Waals surface area contributed by atoms with E-state index in [1.165, 1.54) is 295 Å². The van der Waals surface area contributed by atoms with Crippen molar-refractivity contribution in [1.29, 1.82) is 0 Å². The fraction of sp³-hybridized carbons (Fsp3) is 0.884. The minimum absolute atomic E-state index is 0.00377. The topological polar surface area (TPSA) is 95.9 Å². The first-order valence-electron chi connectivity index (χ1n) is 33.8. The minimum atomic E-state index is -0.846. The smallest absolute Gasteiger partial charge is 0.305 e. The van der Waals surface area contributed by atoms with Gasteiger partial charge in [-0.3, -0.25) is 9.59 Å². The van der Waals surface area contributed by atoms with Crippen LogP contribution in [-0.2, 0) is 14.3 Å². The number of hydrogen-bond acceptors (Lipinski definition) is 5. The first-order valence-corrected chi connectivity index (χ1v) is 33.8. The largest absolute Gasteiger partial charge is 0.466 e. The van der Waals surface area contributed by atoms with Gasteiger partial charge in [0.1, 0.15) is 0 Å². The van der Waals surface area contributed by atoms with Crippen LogP contribution in [0.1, 0.15) is 367 Å². The van der Waals surface area contributed by atoms with Crippen molar-refractivity contribution in [3.63, 3.8) is 0 Å². The van der Waals surface area contributed by atoms with Crippen LogP contribution in [0.5, 0.6) is 0 Å². The van der Waals surface area contributed by atoms with Crippen LogP contribution < -0.4 is 5.32 Å². The lowest BCUT2D eigenvalue weighted by Crippen LogP contribution is -2.45. The SMILES string of the molecule is CCCC/C=C\CCCCCCCC(=O)OCCCCCCCCCCCCCC/C=C\CCCCCCCCCCCCCC(=O)NC(CO)C(O)/C=C/CCCCCCCCCCCCCCCCCCCC. The first kappa shape index (κ1) is 73.1. The Hall–Kier alpha value is -1.92. The summed E-state index contributed by atoms with van der Waals surface area (Å²) >= 11 is 0. The number of unbranched alkanes of at least 4 members (excludes halogenated alkanes) is 48. The highest BCUT2D eigenvalue weighted by atomic mass is 16.5. The molecule has 75 heavy (non-hydrogen) atoms. The van der Waals surface area contributed by atoms with Gasteiger partial charge in [0.15, 0.2) is 0 Å². The van der Waals surface area contributed by atoms with Crippen molar-refractivity contribution in [3.8, 4) is 0 Å². The molecule has 0 aromatic rings. The standard InChI is InChI=1S/C69H131NO5/c1-3-5-7-9-11-13-15-16-17-18-19-29-32-35-38-42-45-49-53-57-61-67(72)66(65-71)70-68(73)62-58-54-50-46-43-39-36-33-30-27-25-23-21-20-22-24-26-28-31-34-37-40-44-48-52-56-60-64-75-69(74)63-59-55-51-47-41-14-12-10-8-6-4-2/h10,12,20-21,57,61,66-67,71-72H,3-9,11,13-19,22-56,58-60,62-65H2,1-2H3,(H,70,73)/b12-10-,21-20-,61-57+. The third kappa shape index (κ3) is 61.2. The van der Waals surface area contributed by atoms with E-state index in [1.54, 1.807) is 6.08 Å². The molecule has 0 aromatic heterocycles. The van der Waals surface area contributed by atoms with Gasteiger partial charge in [0.25, 0.3) is 0 Å². The molecule has 0 saturated heterocycles. The molecular weight excluding hydrogens is 923 g/mol. The lowest BCUT2D eigenvalue weighted by molar-refractivity contribution is -0.143. The number of rotatable bonds is 63. The number of aliphatic hydroxyl groups excluding tert-OH is 2. The predicted octanol–water partition coefficient (Wildman–Crippen LogP) is 21.5. The molecule has 0 aliphatic carbocycles. The van der Waals surface area contributed by atoms with Crippen molar-refractivity contribution in [2.75, 3.05) is 13.2 Å². The van der Waals surface area contributed by atoms with Crippen LogP contribution in [0.3, 0.4) is 0 Å². The Morgan fingerprint density at radius 2 is 0.640 bits per heavy atom. The molecule has 0 saturated carbocycles. The van der Waals surface area contributed by atoms with Crippen molar-refractivity contribution >= 4 is 11.9 Å². The molecule has 0 radical (unpaired) electrons. The average Bonchev–Trinajstić information content (AvgIpc) is 3.41. The molecule has 0 fully saturated rings. The number of esters is 1. The van der Waals surface area contributed by atoms with Gasteiger partial charge in [0.2, 0.25) is 5.91 Å². The summed E-state index contributed by atoms with van der Waals surface area (Å²) in [5.41, 5.74) is 0. The normalized spacial score (nSPS) is 12.7. The highest BCUT2D eigenvalue weighted by Crippen LogP contribution is 2.18. The van der Waals surface area contributed by atoms with E-state index in [2.05, 4.69) is 43.5 Å². The summed E-state index contributed by atoms with van der Waals surface area (Å²) in [6.45, 7) is 4.89. The number of ether oxygens (including phenoxy) is 1. The Bertz CT molecular complexity index is 1210. The molecule has 0 heterocycles. The zero-order valence-electron chi connectivity index (χ0n) is 50.5. The molecule has 0 spiro atoms. The van der Waals surface area contributed by atoms with Gasteiger partial charge in [0.05, 0.1) is 25.4 Å². The molecule has 2 unspecified atom stereocenters. The summed E-state index contributed by atoms with van der Waals surface area (Å²) in [6.07, 6.45) is 82.1. The third-order valence-corrected chi connectivity index (χ3v) is 15.6. The molecule has 0 bridgehead atoms. The summed E-state index contributed by atoms with van der Waals surface area (Å²) in [7, 11) is 0. The van der Waals surface area contributed by atoms with Crippen LogP contribution in [0.15, 0.2) is 36.5 Å². The molecule has 6 nitrogen and oxygen atoms in total. The van der Waals surface area contributed by atoms with Crippen LogP contribution in [0.25, 0.3) is 0 Å². The Kier molecular flexibility index (Phi) is 63.0. The van der Waals surface area contributed by atoms with Gasteiger partial charge >= 0.3 is 5.97 Å². The second-order valence-corrected chi connectivity index (χ2v) is 23.1. The lowest BCUT2D eigenvalue weighted by atomic mass is 10.0. The molecule has 6 heteroatoms. The van der Waals surface area contributed by atoms with Gasteiger partial charge in [-0.1, -0.05) is 314 Å². The quantitative estimate of drug-likeness (QED) is 0.0320. The van der Waals surface area contributed by atoms with Gasteiger partial charge < -0.3 is 20.3 Å². The molecule has 0 aromatic carbocycles. The van der Waals surface area contributed by atoms with E-state index in [0.29, 0.717) is 19.4 Å². The van der Waals surface area contributed by atoms with Crippen molar-refractivity contribution in [3.05, 3.63) is 36.5 Å². The predicted molar refractivity (Wildman–Crippen MR) is 329 cm³/mol. The molecule has 1 amide bonds.